The highest BCUT2D eigenvalue weighted by molar-refractivity contribution is 6.02. The van der Waals surface area contributed by atoms with Crippen molar-refractivity contribution in [2.45, 2.75) is 32.6 Å². The smallest absolute Gasteiger partial charge is 0.162 e. The second-order valence-corrected chi connectivity index (χ2v) is 9.06. The summed E-state index contributed by atoms with van der Waals surface area (Å²) >= 11 is 0. The molecule has 2 aromatic rings. The fourth-order valence-corrected chi connectivity index (χ4v) is 4.77. The minimum absolute atomic E-state index is 0.0523. The second-order valence-electron chi connectivity index (χ2n) is 9.06. The largest absolute Gasteiger partial charge is 0.497 e. The number of anilines is 1. The molecule has 7 heteroatoms. The lowest BCUT2D eigenvalue weighted by molar-refractivity contribution is -0.118. The molecule has 6 nitrogen and oxygen atoms in total. The highest BCUT2D eigenvalue weighted by Crippen LogP contribution is 2.51. The topological polar surface area (TPSA) is 88.6 Å². The van der Waals surface area contributed by atoms with E-state index in [4.69, 9.17) is 15.2 Å². The number of nitrogens with zero attached hydrogens (tertiary/aromatic N) is 2. The molecule has 0 saturated heterocycles. The van der Waals surface area contributed by atoms with E-state index in [2.05, 4.69) is 6.07 Å². The maximum absolute atomic E-state index is 13.6. The Hall–Kier alpha value is -3.79. The van der Waals surface area contributed by atoms with Gasteiger partial charge in [0.2, 0.25) is 0 Å². The van der Waals surface area contributed by atoms with Gasteiger partial charge in [0.25, 0.3) is 0 Å². The average molecular weight is 448 g/mol. The Morgan fingerprint density at radius 1 is 1.12 bits per heavy atom. The van der Waals surface area contributed by atoms with E-state index < -0.39 is 5.92 Å². The molecule has 1 aliphatic carbocycles. The highest BCUT2D eigenvalue weighted by atomic mass is 19.1. The minimum atomic E-state index is -0.699. The zero-order valence-corrected chi connectivity index (χ0v) is 19.1. The summed E-state index contributed by atoms with van der Waals surface area (Å²) in [4.78, 5) is 15.3. The number of halogens is 1. The molecule has 4 rings (SSSR count). The molecule has 0 aromatic heterocycles. The Balaban J connectivity index is 2.03. The van der Waals surface area contributed by atoms with Crippen LogP contribution in [0.1, 0.15) is 38.2 Å². The van der Waals surface area contributed by atoms with Crippen molar-refractivity contribution in [3.05, 3.63) is 76.5 Å². The van der Waals surface area contributed by atoms with Crippen LogP contribution in [0.5, 0.6) is 11.5 Å². The maximum atomic E-state index is 13.6. The first-order valence-corrected chi connectivity index (χ1v) is 10.6. The van der Waals surface area contributed by atoms with Gasteiger partial charge in [-0.2, -0.15) is 5.26 Å². The van der Waals surface area contributed by atoms with Crippen LogP contribution in [0.3, 0.4) is 0 Å². The Bertz CT molecular complexity index is 1220. The second kappa shape index (κ2) is 8.28. The van der Waals surface area contributed by atoms with Crippen LogP contribution >= 0.6 is 0 Å². The average Bonchev–Trinajstić information content (AvgIpc) is 2.78. The van der Waals surface area contributed by atoms with Gasteiger partial charge >= 0.3 is 0 Å². The Labute approximate surface area is 192 Å². The van der Waals surface area contributed by atoms with Gasteiger partial charge in [0, 0.05) is 28.9 Å². The summed E-state index contributed by atoms with van der Waals surface area (Å²) in [5.41, 5.74) is 8.99. The number of Topliss-reactive ketones (excluding diaryl/α,β-unsaturated/α-hetero) is 1. The van der Waals surface area contributed by atoms with Crippen LogP contribution in [0, 0.1) is 22.6 Å². The molecule has 0 amide bonds. The van der Waals surface area contributed by atoms with Crippen LogP contribution in [0.2, 0.25) is 0 Å². The molecule has 0 spiro atoms. The van der Waals surface area contributed by atoms with Gasteiger partial charge in [0.15, 0.2) is 5.78 Å². The number of ketones is 1. The monoisotopic (exact) mass is 447 g/mol. The van der Waals surface area contributed by atoms with Gasteiger partial charge in [0.1, 0.15) is 23.1 Å². The Morgan fingerprint density at radius 2 is 1.82 bits per heavy atom. The van der Waals surface area contributed by atoms with Crippen LogP contribution in [0.15, 0.2) is 65.1 Å². The predicted molar refractivity (Wildman–Crippen MR) is 123 cm³/mol. The number of carbonyl (C=O) groups excluding carboxylic acids is 1. The summed E-state index contributed by atoms with van der Waals surface area (Å²) in [6.07, 6.45) is 0.901. The van der Waals surface area contributed by atoms with Gasteiger partial charge in [0.05, 0.1) is 31.8 Å². The zero-order chi connectivity index (χ0) is 23.9. The predicted octanol–water partition coefficient (Wildman–Crippen LogP) is 4.78. The lowest BCUT2D eigenvalue weighted by Crippen LogP contribution is -2.42. The quantitative estimate of drug-likeness (QED) is 0.725. The molecule has 33 heavy (non-hydrogen) atoms. The first-order valence-electron chi connectivity index (χ1n) is 10.6. The van der Waals surface area contributed by atoms with Crippen molar-refractivity contribution in [1.82, 2.24) is 0 Å². The number of methoxy groups -OCH3 is 2. The van der Waals surface area contributed by atoms with E-state index in [1.165, 1.54) is 12.1 Å². The molecule has 2 N–H and O–H groups in total. The standard InChI is InChI=1S/C26H26FN3O3/c1-26(2)12-20-24(21(31)13-26)23(18-11-17(32-3)9-10-22(18)33-4)19(14-28)25(29)30(20)16-7-5-15(27)6-8-16/h5-11,23H,12-13,29H2,1-4H3. The molecule has 1 heterocycles. The van der Waals surface area contributed by atoms with E-state index in [9.17, 15) is 14.4 Å². The first-order chi connectivity index (χ1) is 15.7. The SMILES string of the molecule is COc1ccc(OC)c(C2C(C#N)=C(N)N(c3ccc(F)cc3)C3=C2C(=O)CC(C)(C)C3)c1. The molecule has 0 saturated carbocycles. The molecule has 0 fully saturated rings. The van der Waals surface area contributed by atoms with E-state index in [1.807, 2.05) is 13.8 Å². The molecule has 0 radical (unpaired) electrons. The van der Waals surface area contributed by atoms with Crippen molar-refractivity contribution in [3.63, 3.8) is 0 Å². The molecule has 2 aliphatic rings. The third kappa shape index (κ3) is 3.82. The van der Waals surface area contributed by atoms with Gasteiger partial charge in [-0.3, -0.25) is 9.69 Å². The summed E-state index contributed by atoms with van der Waals surface area (Å²) in [5.74, 6) is 0.184. The summed E-state index contributed by atoms with van der Waals surface area (Å²) in [7, 11) is 3.09. The molecule has 1 aliphatic heterocycles. The van der Waals surface area contributed by atoms with E-state index >= 15 is 0 Å². The van der Waals surface area contributed by atoms with Gasteiger partial charge in [-0.15, -0.1) is 0 Å². The third-order valence-electron chi connectivity index (χ3n) is 6.21. The molecule has 1 unspecified atom stereocenters. The van der Waals surface area contributed by atoms with Gasteiger partial charge in [-0.25, -0.2) is 4.39 Å². The molecular formula is C26H26FN3O3. The summed E-state index contributed by atoms with van der Waals surface area (Å²) < 4.78 is 24.6. The van der Waals surface area contributed by atoms with Crippen molar-refractivity contribution >= 4 is 11.5 Å². The van der Waals surface area contributed by atoms with Gasteiger partial charge < -0.3 is 15.2 Å². The fraction of sp³-hybridized carbons (Fsp3) is 0.308. The first kappa shape index (κ1) is 22.4. The lowest BCUT2D eigenvalue weighted by Gasteiger charge is -2.44. The van der Waals surface area contributed by atoms with Crippen molar-refractivity contribution in [1.29, 1.82) is 5.26 Å². The molecule has 1 atom stereocenters. The molecule has 0 bridgehead atoms. The van der Waals surface area contributed by atoms with Gasteiger partial charge in [-0.1, -0.05) is 13.8 Å². The van der Waals surface area contributed by atoms with E-state index in [-0.39, 0.29) is 28.4 Å². The van der Waals surface area contributed by atoms with Crippen LogP contribution in [-0.2, 0) is 4.79 Å². The summed E-state index contributed by atoms with van der Waals surface area (Å²) in [6, 6.07) is 13.4. The summed E-state index contributed by atoms with van der Waals surface area (Å²) in [5, 5.41) is 10.2. The number of benzene rings is 2. The number of hydrogen-bond acceptors (Lipinski definition) is 6. The number of rotatable bonds is 4. The fourth-order valence-electron chi connectivity index (χ4n) is 4.77. The maximum Gasteiger partial charge on any atom is 0.162 e. The normalized spacial score (nSPS) is 19.8. The van der Waals surface area contributed by atoms with E-state index in [0.717, 1.165) is 0 Å². The highest BCUT2D eigenvalue weighted by Gasteiger charge is 2.45. The van der Waals surface area contributed by atoms with E-state index in [1.54, 1.807) is 49.5 Å². The van der Waals surface area contributed by atoms with Crippen LogP contribution in [0.4, 0.5) is 10.1 Å². The molecule has 2 aromatic carbocycles. The number of ether oxygens (including phenoxy) is 2. The third-order valence-corrected chi connectivity index (χ3v) is 6.21. The Morgan fingerprint density at radius 3 is 2.42 bits per heavy atom. The number of hydrogen-bond donors (Lipinski definition) is 1. The molecule has 170 valence electrons. The molecular weight excluding hydrogens is 421 g/mol. The number of nitriles is 1. The minimum Gasteiger partial charge on any atom is -0.497 e. The Kier molecular flexibility index (Phi) is 5.62. The number of allylic oxidation sites excluding steroid dienone is 3. The van der Waals surface area contributed by atoms with Crippen molar-refractivity contribution in [2.75, 3.05) is 19.1 Å². The van der Waals surface area contributed by atoms with Crippen LogP contribution < -0.4 is 20.1 Å². The number of nitrogens with two attached hydrogens (primary N) is 1. The van der Waals surface area contributed by atoms with Crippen LogP contribution in [0.25, 0.3) is 0 Å². The van der Waals surface area contributed by atoms with Gasteiger partial charge in [-0.05, 0) is 54.3 Å². The van der Waals surface area contributed by atoms with Crippen LogP contribution in [-0.4, -0.2) is 20.0 Å². The van der Waals surface area contributed by atoms with Crippen molar-refractivity contribution in [3.8, 4) is 17.6 Å². The van der Waals surface area contributed by atoms with Crippen molar-refractivity contribution < 1.29 is 18.7 Å². The summed E-state index contributed by atoms with van der Waals surface area (Å²) in [6.45, 7) is 4.05. The lowest BCUT2D eigenvalue weighted by atomic mass is 9.68. The zero-order valence-electron chi connectivity index (χ0n) is 19.1. The van der Waals surface area contributed by atoms with E-state index in [0.29, 0.717) is 46.9 Å². The number of carbonyl (C=O) groups is 1. The van der Waals surface area contributed by atoms with Crippen molar-refractivity contribution in [2.24, 2.45) is 11.1 Å².